The minimum absolute atomic E-state index is 0.00952. The lowest BCUT2D eigenvalue weighted by Gasteiger charge is -2.35. The van der Waals surface area contributed by atoms with Crippen molar-refractivity contribution in [1.29, 1.82) is 0 Å². The summed E-state index contributed by atoms with van der Waals surface area (Å²) in [5.74, 6) is -0.130. The van der Waals surface area contributed by atoms with Gasteiger partial charge >= 0.3 is 0 Å². The van der Waals surface area contributed by atoms with Crippen molar-refractivity contribution in [3.63, 3.8) is 0 Å². The number of carbonyl (C=O) groups is 2. The van der Waals surface area contributed by atoms with E-state index in [0.29, 0.717) is 18.7 Å². The Morgan fingerprint density at radius 1 is 1.30 bits per heavy atom. The normalized spacial score (nSPS) is 19.5. The van der Waals surface area contributed by atoms with E-state index in [0.717, 1.165) is 12.1 Å². The Balaban J connectivity index is 2.11. The second kappa shape index (κ2) is 7.59. The van der Waals surface area contributed by atoms with Crippen LogP contribution < -0.4 is 10.6 Å². The highest BCUT2D eigenvalue weighted by Gasteiger charge is 2.31. The predicted octanol–water partition coefficient (Wildman–Crippen LogP) is 1.57. The van der Waals surface area contributed by atoms with Gasteiger partial charge in [0.05, 0.1) is 0 Å². The SMILES string of the molecule is Cc1ccccc1C(=O)NC(C(=O)N1CCNC(C)C1)C(C)C. The second-order valence-corrected chi connectivity index (χ2v) is 6.65. The molecule has 0 saturated carbocycles. The summed E-state index contributed by atoms with van der Waals surface area (Å²) in [5.41, 5.74) is 1.54. The van der Waals surface area contributed by atoms with E-state index in [4.69, 9.17) is 0 Å². The molecule has 2 atom stereocenters. The zero-order chi connectivity index (χ0) is 17.0. The monoisotopic (exact) mass is 317 g/mol. The van der Waals surface area contributed by atoms with Crippen molar-refractivity contribution in [3.8, 4) is 0 Å². The first kappa shape index (κ1) is 17.5. The van der Waals surface area contributed by atoms with Crippen molar-refractivity contribution in [2.24, 2.45) is 5.92 Å². The molecule has 1 aliphatic heterocycles. The molecular formula is C18H27N3O2. The summed E-state index contributed by atoms with van der Waals surface area (Å²) in [5, 5.41) is 6.26. The Hall–Kier alpha value is -1.88. The lowest BCUT2D eigenvalue weighted by molar-refractivity contribution is -0.135. The minimum Gasteiger partial charge on any atom is -0.340 e. The van der Waals surface area contributed by atoms with Crippen LogP contribution in [0.25, 0.3) is 0 Å². The molecule has 1 aromatic rings. The Labute approximate surface area is 138 Å². The fraction of sp³-hybridized carbons (Fsp3) is 0.556. The van der Waals surface area contributed by atoms with Crippen LogP contribution in [0.5, 0.6) is 0 Å². The van der Waals surface area contributed by atoms with E-state index in [1.165, 1.54) is 0 Å². The molecule has 2 N–H and O–H groups in total. The largest absolute Gasteiger partial charge is 0.340 e. The molecule has 1 fully saturated rings. The second-order valence-electron chi connectivity index (χ2n) is 6.65. The zero-order valence-corrected chi connectivity index (χ0v) is 14.4. The van der Waals surface area contributed by atoms with Crippen molar-refractivity contribution < 1.29 is 9.59 Å². The molecule has 2 unspecified atom stereocenters. The van der Waals surface area contributed by atoms with E-state index in [1.54, 1.807) is 6.07 Å². The smallest absolute Gasteiger partial charge is 0.252 e. The van der Waals surface area contributed by atoms with Crippen LogP contribution in [0.1, 0.15) is 36.7 Å². The van der Waals surface area contributed by atoms with E-state index in [9.17, 15) is 9.59 Å². The van der Waals surface area contributed by atoms with Crippen LogP contribution in [-0.2, 0) is 4.79 Å². The molecule has 0 aliphatic carbocycles. The Bertz CT molecular complexity index is 571. The summed E-state index contributed by atoms with van der Waals surface area (Å²) in [4.78, 5) is 27.2. The summed E-state index contributed by atoms with van der Waals surface area (Å²) in [7, 11) is 0. The topological polar surface area (TPSA) is 61.4 Å². The highest BCUT2D eigenvalue weighted by Crippen LogP contribution is 2.12. The van der Waals surface area contributed by atoms with E-state index in [2.05, 4.69) is 17.6 Å². The molecule has 1 aromatic carbocycles. The van der Waals surface area contributed by atoms with E-state index >= 15 is 0 Å². The van der Waals surface area contributed by atoms with Gasteiger partial charge in [0, 0.05) is 31.2 Å². The maximum atomic E-state index is 12.8. The van der Waals surface area contributed by atoms with Crippen LogP contribution in [0, 0.1) is 12.8 Å². The van der Waals surface area contributed by atoms with Gasteiger partial charge < -0.3 is 15.5 Å². The molecule has 5 nitrogen and oxygen atoms in total. The highest BCUT2D eigenvalue weighted by atomic mass is 16.2. The van der Waals surface area contributed by atoms with E-state index in [-0.39, 0.29) is 23.8 Å². The maximum absolute atomic E-state index is 12.8. The van der Waals surface area contributed by atoms with Gasteiger partial charge in [-0.25, -0.2) is 0 Å². The zero-order valence-electron chi connectivity index (χ0n) is 14.4. The summed E-state index contributed by atoms with van der Waals surface area (Å²) >= 11 is 0. The number of nitrogens with zero attached hydrogens (tertiary/aromatic N) is 1. The predicted molar refractivity (Wildman–Crippen MR) is 91.3 cm³/mol. The number of hydrogen-bond donors (Lipinski definition) is 2. The van der Waals surface area contributed by atoms with Crippen molar-refractivity contribution in [1.82, 2.24) is 15.5 Å². The summed E-state index contributed by atoms with van der Waals surface area (Å²) in [6.07, 6.45) is 0. The van der Waals surface area contributed by atoms with Gasteiger partial charge in [-0.3, -0.25) is 9.59 Å². The Kier molecular flexibility index (Phi) is 5.77. The van der Waals surface area contributed by atoms with Gasteiger partial charge in [0.2, 0.25) is 5.91 Å². The number of amides is 2. The molecule has 1 heterocycles. The van der Waals surface area contributed by atoms with E-state index < -0.39 is 6.04 Å². The van der Waals surface area contributed by atoms with Gasteiger partial charge in [0.25, 0.3) is 5.91 Å². The summed E-state index contributed by atoms with van der Waals surface area (Å²) < 4.78 is 0. The van der Waals surface area contributed by atoms with Crippen LogP contribution in [0.15, 0.2) is 24.3 Å². The van der Waals surface area contributed by atoms with Crippen LogP contribution in [0.3, 0.4) is 0 Å². The molecule has 2 amide bonds. The van der Waals surface area contributed by atoms with Gasteiger partial charge in [-0.2, -0.15) is 0 Å². The average molecular weight is 317 g/mol. The van der Waals surface area contributed by atoms with Crippen molar-refractivity contribution >= 4 is 11.8 Å². The van der Waals surface area contributed by atoms with Crippen LogP contribution in [-0.4, -0.2) is 48.4 Å². The third kappa shape index (κ3) is 4.32. The molecule has 0 radical (unpaired) electrons. The molecule has 1 saturated heterocycles. The molecule has 2 rings (SSSR count). The Morgan fingerprint density at radius 3 is 2.61 bits per heavy atom. The Morgan fingerprint density at radius 2 is 2.00 bits per heavy atom. The first-order chi connectivity index (χ1) is 10.9. The number of hydrogen-bond acceptors (Lipinski definition) is 3. The van der Waals surface area contributed by atoms with Crippen molar-refractivity contribution in [3.05, 3.63) is 35.4 Å². The van der Waals surface area contributed by atoms with Gasteiger partial charge in [0.15, 0.2) is 0 Å². The first-order valence-corrected chi connectivity index (χ1v) is 8.28. The van der Waals surface area contributed by atoms with Crippen LogP contribution in [0.4, 0.5) is 0 Å². The molecule has 5 heteroatoms. The standard InChI is InChI=1S/C18H27N3O2/c1-12(2)16(18(23)21-10-9-19-14(4)11-21)20-17(22)15-8-6-5-7-13(15)3/h5-8,12,14,16,19H,9-11H2,1-4H3,(H,20,22). The van der Waals surface area contributed by atoms with Gasteiger partial charge in [0.1, 0.15) is 6.04 Å². The fourth-order valence-corrected chi connectivity index (χ4v) is 2.89. The number of aryl methyl sites for hydroxylation is 1. The number of nitrogens with one attached hydrogen (secondary N) is 2. The lowest BCUT2D eigenvalue weighted by atomic mass is 10.0. The molecule has 0 bridgehead atoms. The highest BCUT2D eigenvalue weighted by molar-refractivity contribution is 5.98. The van der Waals surface area contributed by atoms with Gasteiger partial charge in [-0.15, -0.1) is 0 Å². The van der Waals surface area contributed by atoms with Gasteiger partial charge in [-0.05, 0) is 31.4 Å². The molecule has 0 spiro atoms. The fourth-order valence-electron chi connectivity index (χ4n) is 2.89. The molecule has 1 aliphatic rings. The molecule has 126 valence electrons. The average Bonchev–Trinajstić information content (AvgIpc) is 2.52. The van der Waals surface area contributed by atoms with E-state index in [1.807, 2.05) is 43.9 Å². The lowest BCUT2D eigenvalue weighted by Crippen LogP contribution is -2.58. The molecule has 0 aromatic heterocycles. The van der Waals surface area contributed by atoms with Crippen LogP contribution >= 0.6 is 0 Å². The number of benzene rings is 1. The number of piperazine rings is 1. The van der Waals surface area contributed by atoms with Crippen LogP contribution in [0.2, 0.25) is 0 Å². The third-order valence-electron chi connectivity index (χ3n) is 4.29. The quantitative estimate of drug-likeness (QED) is 0.886. The van der Waals surface area contributed by atoms with Crippen molar-refractivity contribution in [2.75, 3.05) is 19.6 Å². The minimum atomic E-state index is -0.493. The maximum Gasteiger partial charge on any atom is 0.252 e. The summed E-state index contributed by atoms with van der Waals surface area (Å²) in [6, 6.07) is 7.23. The third-order valence-corrected chi connectivity index (χ3v) is 4.29. The number of carbonyl (C=O) groups excluding carboxylic acids is 2. The number of rotatable bonds is 4. The van der Waals surface area contributed by atoms with Crippen molar-refractivity contribution in [2.45, 2.75) is 39.8 Å². The first-order valence-electron chi connectivity index (χ1n) is 8.28. The van der Waals surface area contributed by atoms with Gasteiger partial charge in [-0.1, -0.05) is 32.0 Å². The molecular weight excluding hydrogens is 290 g/mol. The summed E-state index contributed by atoms with van der Waals surface area (Å²) in [6.45, 7) is 10.1. The molecule has 23 heavy (non-hydrogen) atoms.